The third kappa shape index (κ3) is 2.64. The second-order valence-electron chi connectivity index (χ2n) is 2.80. The van der Waals surface area contributed by atoms with E-state index in [-0.39, 0.29) is 18.7 Å². The maximum absolute atomic E-state index is 11.1. The zero-order valence-electron chi connectivity index (χ0n) is 7.45. The molecule has 68 valence electrons. The number of anilines is 1. The Morgan fingerprint density at radius 2 is 2.54 bits per heavy atom. The monoisotopic (exact) mass is 177 g/mol. The SMILES string of the molecule is CN(CC(=O)CC#N)c1cc[nH]c1. The summed E-state index contributed by atoms with van der Waals surface area (Å²) in [6.45, 7) is 0.283. The van der Waals surface area contributed by atoms with Gasteiger partial charge in [0, 0.05) is 19.4 Å². The molecule has 1 aromatic rings. The molecule has 0 atom stereocenters. The van der Waals surface area contributed by atoms with Crippen LogP contribution in [0.3, 0.4) is 0 Å². The van der Waals surface area contributed by atoms with Gasteiger partial charge in [-0.05, 0) is 6.07 Å². The van der Waals surface area contributed by atoms with E-state index in [1.807, 2.05) is 19.2 Å². The van der Waals surface area contributed by atoms with Gasteiger partial charge in [-0.3, -0.25) is 4.79 Å². The summed E-state index contributed by atoms with van der Waals surface area (Å²) in [5.41, 5.74) is 0.950. The minimum atomic E-state index is -0.0637. The van der Waals surface area contributed by atoms with Crippen LogP contribution in [0.5, 0.6) is 0 Å². The number of H-pyrrole nitrogens is 1. The molecule has 0 spiro atoms. The van der Waals surface area contributed by atoms with Crippen LogP contribution in [-0.2, 0) is 4.79 Å². The molecule has 1 rings (SSSR count). The fraction of sp³-hybridized carbons (Fsp3) is 0.333. The highest BCUT2D eigenvalue weighted by Crippen LogP contribution is 2.09. The number of ketones is 1. The Labute approximate surface area is 76.8 Å². The molecule has 0 aliphatic heterocycles. The lowest BCUT2D eigenvalue weighted by Crippen LogP contribution is -2.24. The summed E-state index contributed by atoms with van der Waals surface area (Å²) in [6.07, 6.45) is 3.58. The zero-order chi connectivity index (χ0) is 9.68. The largest absolute Gasteiger partial charge is 0.366 e. The van der Waals surface area contributed by atoms with E-state index < -0.39 is 0 Å². The van der Waals surface area contributed by atoms with Crippen molar-refractivity contribution in [3.8, 4) is 6.07 Å². The zero-order valence-corrected chi connectivity index (χ0v) is 7.45. The number of aromatic amines is 1. The lowest BCUT2D eigenvalue weighted by atomic mass is 10.3. The van der Waals surface area contributed by atoms with Crippen molar-refractivity contribution in [2.75, 3.05) is 18.5 Å². The van der Waals surface area contributed by atoms with Crippen molar-refractivity contribution in [1.82, 2.24) is 4.98 Å². The topological polar surface area (TPSA) is 59.9 Å². The van der Waals surface area contributed by atoms with Gasteiger partial charge in [-0.25, -0.2) is 0 Å². The van der Waals surface area contributed by atoms with Crippen LogP contribution in [0, 0.1) is 11.3 Å². The van der Waals surface area contributed by atoms with Gasteiger partial charge >= 0.3 is 0 Å². The van der Waals surface area contributed by atoms with Crippen molar-refractivity contribution < 1.29 is 4.79 Å². The van der Waals surface area contributed by atoms with Gasteiger partial charge < -0.3 is 9.88 Å². The number of aromatic nitrogens is 1. The smallest absolute Gasteiger partial charge is 0.166 e. The number of Topliss-reactive ketones (excluding diaryl/α,β-unsaturated/α-hetero) is 1. The summed E-state index contributed by atoms with van der Waals surface area (Å²) in [7, 11) is 1.82. The Balaban J connectivity index is 2.47. The van der Waals surface area contributed by atoms with Crippen molar-refractivity contribution in [2.45, 2.75) is 6.42 Å². The molecule has 0 radical (unpaired) electrons. The molecule has 1 aromatic heterocycles. The number of hydrogen-bond donors (Lipinski definition) is 1. The number of likely N-dealkylation sites (N-methyl/N-ethyl adjacent to an activating group) is 1. The van der Waals surface area contributed by atoms with Gasteiger partial charge in [0.1, 0.15) is 0 Å². The Bertz CT molecular complexity index is 310. The van der Waals surface area contributed by atoms with E-state index in [1.165, 1.54) is 0 Å². The first kappa shape index (κ1) is 9.33. The van der Waals surface area contributed by atoms with Gasteiger partial charge in [0.05, 0.1) is 24.7 Å². The van der Waals surface area contributed by atoms with Crippen molar-refractivity contribution in [3.05, 3.63) is 18.5 Å². The second kappa shape index (κ2) is 4.31. The van der Waals surface area contributed by atoms with Crippen molar-refractivity contribution >= 4 is 11.5 Å². The maximum atomic E-state index is 11.1. The first-order valence-electron chi connectivity index (χ1n) is 3.96. The highest BCUT2D eigenvalue weighted by Gasteiger charge is 2.06. The fourth-order valence-electron chi connectivity index (χ4n) is 1.05. The van der Waals surface area contributed by atoms with Gasteiger partial charge in [0.2, 0.25) is 0 Å². The first-order chi connectivity index (χ1) is 6.24. The molecular weight excluding hydrogens is 166 g/mol. The number of nitrogens with zero attached hydrogens (tertiary/aromatic N) is 2. The summed E-state index contributed by atoms with van der Waals surface area (Å²) in [4.78, 5) is 15.8. The predicted octanol–water partition coefficient (Wildman–Crippen LogP) is 0.934. The number of carbonyl (C=O) groups excluding carboxylic acids is 1. The summed E-state index contributed by atoms with van der Waals surface area (Å²) < 4.78 is 0. The molecule has 0 amide bonds. The third-order valence-electron chi connectivity index (χ3n) is 1.71. The van der Waals surface area contributed by atoms with Gasteiger partial charge in [-0.15, -0.1) is 0 Å². The van der Waals surface area contributed by atoms with Gasteiger partial charge in [-0.1, -0.05) is 0 Å². The molecule has 0 aliphatic rings. The summed E-state index contributed by atoms with van der Waals surface area (Å²) in [5.74, 6) is -0.0637. The number of carbonyl (C=O) groups is 1. The van der Waals surface area contributed by atoms with E-state index in [0.29, 0.717) is 0 Å². The van der Waals surface area contributed by atoms with Crippen LogP contribution in [0.4, 0.5) is 5.69 Å². The van der Waals surface area contributed by atoms with Crippen molar-refractivity contribution in [3.63, 3.8) is 0 Å². The van der Waals surface area contributed by atoms with E-state index in [2.05, 4.69) is 4.98 Å². The third-order valence-corrected chi connectivity index (χ3v) is 1.71. The lowest BCUT2D eigenvalue weighted by molar-refractivity contribution is -0.116. The highest BCUT2D eigenvalue weighted by atomic mass is 16.1. The van der Waals surface area contributed by atoms with Gasteiger partial charge in [-0.2, -0.15) is 5.26 Å². The fourth-order valence-corrected chi connectivity index (χ4v) is 1.05. The molecule has 4 nitrogen and oxygen atoms in total. The van der Waals surface area contributed by atoms with Crippen molar-refractivity contribution in [2.24, 2.45) is 0 Å². The van der Waals surface area contributed by atoms with Crippen LogP contribution >= 0.6 is 0 Å². The maximum Gasteiger partial charge on any atom is 0.166 e. The van der Waals surface area contributed by atoms with Crippen LogP contribution in [0.1, 0.15) is 6.42 Å². The van der Waals surface area contributed by atoms with Crippen LogP contribution in [-0.4, -0.2) is 24.4 Å². The second-order valence-corrected chi connectivity index (χ2v) is 2.80. The van der Waals surface area contributed by atoms with E-state index in [0.717, 1.165) is 5.69 Å². The molecule has 0 saturated heterocycles. The molecule has 1 heterocycles. The van der Waals surface area contributed by atoms with E-state index >= 15 is 0 Å². The normalized spacial score (nSPS) is 9.23. The molecule has 0 aromatic carbocycles. The molecule has 0 bridgehead atoms. The number of rotatable bonds is 4. The van der Waals surface area contributed by atoms with Crippen LogP contribution in [0.15, 0.2) is 18.5 Å². The quantitative estimate of drug-likeness (QED) is 0.744. The van der Waals surface area contributed by atoms with Crippen LogP contribution in [0.2, 0.25) is 0 Å². The van der Waals surface area contributed by atoms with Crippen molar-refractivity contribution in [1.29, 1.82) is 5.26 Å². The standard InChI is InChI=1S/C9H11N3O/c1-12(7-9(13)2-4-10)8-3-5-11-6-8/h3,5-6,11H,2,7H2,1H3. The number of hydrogen-bond acceptors (Lipinski definition) is 3. The van der Waals surface area contributed by atoms with E-state index in [9.17, 15) is 4.79 Å². The molecular formula is C9H11N3O. The molecule has 13 heavy (non-hydrogen) atoms. The Morgan fingerprint density at radius 1 is 1.77 bits per heavy atom. The summed E-state index contributed by atoms with van der Waals surface area (Å²) >= 11 is 0. The average Bonchev–Trinajstić information content (AvgIpc) is 2.55. The average molecular weight is 177 g/mol. The van der Waals surface area contributed by atoms with Gasteiger partial charge in [0.25, 0.3) is 0 Å². The molecule has 0 aliphatic carbocycles. The summed E-state index contributed by atoms with van der Waals surface area (Å²) in [5, 5.41) is 8.28. The molecule has 0 fully saturated rings. The minimum Gasteiger partial charge on any atom is -0.366 e. The van der Waals surface area contributed by atoms with Crippen LogP contribution < -0.4 is 4.90 Å². The molecule has 1 N–H and O–H groups in total. The molecule has 0 unspecified atom stereocenters. The molecule has 4 heteroatoms. The Kier molecular flexibility index (Phi) is 3.09. The first-order valence-corrected chi connectivity index (χ1v) is 3.96. The Morgan fingerprint density at radius 3 is 3.08 bits per heavy atom. The molecule has 0 saturated carbocycles. The number of nitrogens with one attached hydrogen (secondary N) is 1. The lowest BCUT2D eigenvalue weighted by Gasteiger charge is -2.14. The van der Waals surface area contributed by atoms with Gasteiger partial charge in [0.15, 0.2) is 5.78 Å². The van der Waals surface area contributed by atoms with Crippen LogP contribution in [0.25, 0.3) is 0 Å². The minimum absolute atomic E-state index is 0.0191. The highest BCUT2D eigenvalue weighted by molar-refractivity contribution is 5.84. The predicted molar refractivity (Wildman–Crippen MR) is 49.3 cm³/mol. The van der Waals surface area contributed by atoms with E-state index in [4.69, 9.17) is 5.26 Å². The summed E-state index contributed by atoms with van der Waals surface area (Å²) in [6, 6.07) is 3.71. The van der Waals surface area contributed by atoms with E-state index in [1.54, 1.807) is 17.3 Å². The Hall–Kier alpha value is -1.76. The number of nitriles is 1.